The van der Waals surface area contributed by atoms with Gasteiger partial charge in [0.25, 0.3) is 0 Å². The van der Waals surface area contributed by atoms with Gasteiger partial charge < -0.3 is 16.0 Å². The molecule has 0 spiro atoms. The zero-order chi connectivity index (χ0) is 18.8. The van der Waals surface area contributed by atoms with Crippen LogP contribution in [0.3, 0.4) is 0 Å². The van der Waals surface area contributed by atoms with Crippen LogP contribution in [-0.2, 0) is 11.2 Å². The molecule has 0 saturated heterocycles. The molecular weight excluding hydrogens is 451 g/mol. The fraction of sp³-hybridized carbons (Fsp3) is 0.619. The monoisotopic (exact) mass is 486 g/mol. The Morgan fingerprint density at radius 1 is 0.963 bits per heavy atom. The van der Waals surface area contributed by atoms with Gasteiger partial charge in [-0.05, 0) is 38.7 Å². The van der Waals surface area contributed by atoms with Crippen molar-refractivity contribution in [3.8, 4) is 0 Å². The zero-order valence-corrected chi connectivity index (χ0v) is 19.3. The molecule has 1 amide bonds. The van der Waals surface area contributed by atoms with Crippen molar-refractivity contribution in [1.82, 2.24) is 16.0 Å². The molecule has 1 aromatic carbocycles. The number of hydrogen-bond acceptors (Lipinski definition) is 2. The molecule has 3 N–H and O–H groups in total. The first-order valence-electron chi connectivity index (χ1n) is 9.88. The summed E-state index contributed by atoms with van der Waals surface area (Å²) >= 11 is 0. The number of aryl methyl sites for hydroxylation is 2. The molecule has 0 aliphatic heterocycles. The Morgan fingerprint density at radius 3 is 2.19 bits per heavy atom. The maximum atomic E-state index is 12.1. The first-order chi connectivity index (χ1) is 12.6. The quantitative estimate of drug-likeness (QED) is 0.240. The number of guanidine groups is 1. The van der Waals surface area contributed by atoms with Gasteiger partial charge in [0.05, 0.1) is 0 Å². The van der Waals surface area contributed by atoms with Gasteiger partial charge in [-0.3, -0.25) is 9.79 Å². The zero-order valence-electron chi connectivity index (χ0n) is 16.9. The number of nitrogens with zero attached hydrogens (tertiary/aromatic N) is 1. The lowest BCUT2D eigenvalue weighted by molar-refractivity contribution is -0.125. The Bertz CT molecular complexity index is 592. The van der Waals surface area contributed by atoms with Gasteiger partial charge in [-0.1, -0.05) is 48.6 Å². The van der Waals surface area contributed by atoms with E-state index >= 15 is 0 Å². The summed E-state index contributed by atoms with van der Waals surface area (Å²) in [5, 5.41) is 9.64. The minimum Gasteiger partial charge on any atom is -0.356 e. The van der Waals surface area contributed by atoms with E-state index in [1.165, 1.54) is 36.0 Å². The van der Waals surface area contributed by atoms with Gasteiger partial charge in [-0.2, -0.15) is 0 Å². The van der Waals surface area contributed by atoms with E-state index in [-0.39, 0.29) is 35.8 Å². The number of carbonyl (C=O) groups is 1. The Morgan fingerprint density at radius 2 is 1.56 bits per heavy atom. The molecule has 0 unspecified atom stereocenters. The van der Waals surface area contributed by atoms with E-state index < -0.39 is 0 Å². The lowest BCUT2D eigenvalue weighted by atomic mass is 9.89. The Labute approximate surface area is 181 Å². The topological polar surface area (TPSA) is 65.5 Å². The van der Waals surface area contributed by atoms with Crippen molar-refractivity contribution in [2.45, 2.75) is 52.4 Å². The van der Waals surface area contributed by atoms with Crippen molar-refractivity contribution in [3.63, 3.8) is 0 Å². The van der Waals surface area contributed by atoms with Crippen molar-refractivity contribution in [2.75, 3.05) is 26.7 Å². The highest BCUT2D eigenvalue weighted by Gasteiger charge is 2.20. The molecule has 1 fully saturated rings. The number of benzene rings is 1. The summed E-state index contributed by atoms with van der Waals surface area (Å²) in [5.41, 5.74) is 3.94. The van der Waals surface area contributed by atoms with Gasteiger partial charge in [0.15, 0.2) is 5.96 Å². The van der Waals surface area contributed by atoms with Crippen LogP contribution in [0.4, 0.5) is 0 Å². The third-order valence-corrected chi connectivity index (χ3v) is 4.90. The number of rotatable bonds is 7. The first-order valence-corrected chi connectivity index (χ1v) is 9.88. The van der Waals surface area contributed by atoms with Crippen LogP contribution < -0.4 is 16.0 Å². The SMILES string of the molecule is CN=C(NCCNC(=O)C1CCCCC1)NCCc1cc(C)cc(C)c1.I. The molecule has 1 saturated carbocycles. The molecule has 0 atom stereocenters. The largest absolute Gasteiger partial charge is 0.356 e. The molecule has 152 valence electrons. The Balaban J connectivity index is 0.00000364. The van der Waals surface area contributed by atoms with E-state index in [0.717, 1.165) is 31.8 Å². The van der Waals surface area contributed by atoms with E-state index in [0.29, 0.717) is 13.1 Å². The molecule has 1 aliphatic rings. The van der Waals surface area contributed by atoms with Gasteiger partial charge in [0.2, 0.25) is 5.91 Å². The van der Waals surface area contributed by atoms with Crippen molar-refractivity contribution in [3.05, 3.63) is 34.9 Å². The smallest absolute Gasteiger partial charge is 0.223 e. The molecule has 5 nitrogen and oxygen atoms in total. The molecule has 1 aromatic rings. The lowest BCUT2D eigenvalue weighted by Gasteiger charge is -2.21. The van der Waals surface area contributed by atoms with E-state index in [4.69, 9.17) is 0 Å². The summed E-state index contributed by atoms with van der Waals surface area (Å²) < 4.78 is 0. The van der Waals surface area contributed by atoms with Crippen LogP contribution in [0.15, 0.2) is 23.2 Å². The van der Waals surface area contributed by atoms with E-state index in [9.17, 15) is 4.79 Å². The summed E-state index contributed by atoms with van der Waals surface area (Å²) in [6, 6.07) is 6.65. The number of nitrogens with one attached hydrogen (secondary N) is 3. The Kier molecular flexibility index (Phi) is 11.4. The third kappa shape index (κ3) is 8.95. The van der Waals surface area contributed by atoms with Gasteiger partial charge >= 0.3 is 0 Å². The maximum Gasteiger partial charge on any atom is 0.223 e. The Hall–Kier alpha value is -1.31. The number of carbonyl (C=O) groups excluding carboxylic acids is 1. The minimum absolute atomic E-state index is 0. The third-order valence-electron chi connectivity index (χ3n) is 4.90. The molecule has 2 rings (SSSR count). The normalized spacial score (nSPS) is 15.0. The summed E-state index contributed by atoms with van der Waals surface area (Å²) in [4.78, 5) is 16.4. The highest BCUT2D eigenvalue weighted by atomic mass is 127. The van der Waals surface area contributed by atoms with Crippen LogP contribution in [0.2, 0.25) is 0 Å². The summed E-state index contributed by atoms with van der Waals surface area (Å²) in [6.45, 7) is 6.41. The van der Waals surface area contributed by atoms with Gasteiger partial charge in [-0.15, -0.1) is 24.0 Å². The van der Waals surface area contributed by atoms with Gasteiger partial charge in [-0.25, -0.2) is 0 Å². The molecule has 0 heterocycles. The number of hydrogen-bond donors (Lipinski definition) is 3. The number of halogens is 1. The van der Waals surface area contributed by atoms with Gasteiger partial charge in [0, 0.05) is 32.6 Å². The number of aliphatic imine (C=N–C) groups is 1. The summed E-state index contributed by atoms with van der Waals surface area (Å²) in [6.07, 6.45) is 6.69. The first kappa shape index (κ1) is 23.7. The molecule has 27 heavy (non-hydrogen) atoms. The van der Waals surface area contributed by atoms with Crippen molar-refractivity contribution >= 4 is 35.8 Å². The van der Waals surface area contributed by atoms with Crippen molar-refractivity contribution < 1.29 is 4.79 Å². The molecular formula is C21H35IN4O. The van der Waals surface area contributed by atoms with Crippen LogP contribution in [0.1, 0.15) is 48.8 Å². The molecule has 6 heteroatoms. The highest BCUT2D eigenvalue weighted by molar-refractivity contribution is 14.0. The average molecular weight is 486 g/mol. The predicted octanol–water partition coefficient (Wildman–Crippen LogP) is 3.33. The second-order valence-corrected chi connectivity index (χ2v) is 7.30. The molecule has 0 bridgehead atoms. The lowest BCUT2D eigenvalue weighted by Crippen LogP contribution is -2.43. The fourth-order valence-corrected chi connectivity index (χ4v) is 3.63. The minimum atomic E-state index is 0. The van der Waals surface area contributed by atoms with E-state index in [1.54, 1.807) is 7.05 Å². The highest BCUT2D eigenvalue weighted by Crippen LogP contribution is 2.23. The van der Waals surface area contributed by atoms with Crippen molar-refractivity contribution in [2.24, 2.45) is 10.9 Å². The average Bonchev–Trinajstić information content (AvgIpc) is 2.63. The summed E-state index contributed by atoms with van der Waals surface area (Å²) in [5.74, 6) is 1.21. The van der Waals surface area contributed by atoms with Crippen LogP contribution in [0.25, 0.3) is 0 Å². The second kappa shape index (κ2) is 13.0. The predicted molar refractivity (Wildman–Crippen MR) is 124 cm³/mol. The van der Waals surface area contributed by atoms with Crippen molar-refractivity contribution in [1.29, 1.82) is 0 Å². The van der Waals surface area contributed by atoms with Crippen LogP contribution in [-0.4, -0.2) is 38.5 Å². The molecule has 1 aliphatic carbocycles. The van der Waals surface area contributed by atoms with Crippen LogP contribution in [0, 0.1) is 19.8 Å². The summed E-state index contributed by atoms with van der Waals surface area (Å²) in [7, 11) is 1.77. The molecule has 0 aromatic heterocycles. The van der Waals surface area contributed by atoms with Crippen LogP contribution >= 0.6 is 24.0 Å². The maximum absolute atomic E-state index is 12.1. The van der Waals surface area contributed by atoms with Gasteiger partial charge in [0.1, 0.15) is 0 Å². The number of amides is 1. The van der Waals surface area contributed by atoms with E-state index in [1.807, 2.05) is 0 Å². The molecule has 0 radical (unpaired) electrons. The standard InChI is InChI=1S/C21H34N4O.HI/c1-16-13-17(2)15-18(14-16)9-10-24-21(22-3)25-12-11-23-20(26)19-7-5-4-6-8-19;/h13-15,19H,4-12H2,1-3H3,(H,23,26)(H2,22,24,25);1H. The van der Waals surface area contributed by atoms with E-state index in [2.05, 4.69) is 53.0 Å². The van der Waals surface area contributed by atoms with Crippen LogP contribution in [0.5, 0.6) is 0 Å². The fourth-order valence-electron chi connectivity index (χ4n) is 3.63. The second-order valence-electron chi connectivity index (χ2n) is 7.30.